The number of hydrogen-bond acceptors (Lipinski definition) is 2. The number of nitrogens with zero attached hydrogens (tertiary/aromatic N) is 1. The molecule has 0 aromatic heterocycles. The van der Waals surface area contributed by atoms with Gasteiger partial charge in [0, 0.05) is 25.6 Å². The van der Waals surface area contributed by atoms with Gasteiger partial charge in [-0.05, 0) is 37.6 Å². The van der Waals surface area contributed by atoms with E-state index in [1.165, 1.54) is 6.42 Å². The van der Waals surface area contributed by atoms with Crippen molar-refractivity contribution in [2.45, 2.75) is 19.3 Å². The Balaban J connectivity index is 1.65. The van der Waals surface area contributed by atoms with Crippen LogP contribution in [0.3, 0.4) is 0 Å². The Hall–Kier alpha value is -0.830. The molecule has 3 aliphatic rings. The van der Waals surface area contributed by atoms with Crippen LogP contribution in [0.2, 0.25) is 0 Å². The zero-order chi connectivity index (χ0) is 11.0. The highest BCUT2D eigenvalue weighted by Gasteiger charge is 2.41. The molecular formula is C13H20N2O. The van der Waals surface area contributed by atoms with Gasteiger partial charge in [-0.25, -0.2) is 0 Å². The number of hydrogen-bond donors (Lipinski definition) is 1. The fourth-order valence-corrected chi connectivity index (χ4v) is 3.37. The molecule has 1 amide bonds. The molecule has 1 saturated carbocycles. The fourth-order valence-electron chi connectivity index (χ4n) is 3.37. The van der Waals surface area contributed by atoms with Crippen molar-refractivity contribution in [2.75, 3.05) is 26.2 Å². The third-order valence-corrected chi connectivity index (χ3v) is 4.25. The maximum atomic E-state index is 12.4. The normalized spacial score (nSPS) is 37.8. The van der Waals surface area contributed by atoms with Crippen LogP contribution in [0, 0.1) is 17.8 Å². The van der Waals surface area contributed by atoms with Crippen molar-refractivity contribution in [1.82, 2.24) is 10.2 Å². The van der Waals surface area contributed by atoms with E-state index in [1.54, 1.807) is 0 Å². The predicted octanol–water partition coefficient (Wildman–Crippen LogP) is 1.02. The molecule has 3 unspecified atom stereocenters. The summed E-state index contributed by atoms with van der Waals surface area (Å²) in [6, 6.07) is 0. The van der Waals surface area contributed by atoms with Crippen molar-refractivity contribution < 1.29 is 4.79 Å². The van der Waals surface area contributed by atoms with Gasteiger partial charge in [-0.15, -0.1) is 0 Å². The predicted molar refractivity (Wildman–Crippen MR) is 62.9 cm³/mol. The van der Waals surface area contributed by atoms with Crippen LogP contribution in [0.15, 0.2) is 12.2 Å². The van der Waals surface area contributed by atoms with Crippen molar-refractivity contribution in [3.05, 3.63) is 12.2 Å². The Morgan fingerprint density at radius 2 is 2.12 bits per heavy atom. The van der Waals surface area contributed by atoms with E-state index in [0.29, 0.717) is 23.7 Å². The lowest BCUT2D eigenvalue weighted by Crippen LogP contribution is -2.39. The first-order chi connectivity index (χ1) is 7.84. The van der Waals surface area contributed by atoms with Crippen LogP contribution in [0.1, 0.15) is 19.3 Å². The maximum Gasteiger partial charge on any atom is 0.226 e. The van der Waals surface area contributed by atoms with Crippen LogP contribution < -0.4 is 5.32 Å². The summed E-state index contributed by atoms with van der Waals surface area (Å²) in [7, 11) is 0. The van der Waals surface area contributed by atoms with Crippen molar-refractivity contribution >= 4 is 5.91 Å². The maximum absolute atomic E-state index is 12.4. The molecule has 0 aromatic rings. The van der Waals surface area contributed by atoms with Gasteiger partial charge in [-0.1, -0.05) is 12.2 Å². The molecule has 1 aliphatic heterocycles. The summed E-state index contributed by atoms with van der Waals surface area (Å²) in [5.74, 6) is 1.96. The van der Waals surface area contributed by atoms with E-state index >= 15 is 0 Å². The Morgan fingerprint density at radius 1 is 1.19 bits per heavy atom. The number of fused-ring (bicyclic) bond motifs is 2. The molecule has 3 nitrogen and oxygen atoms in total. The lowest BCUT2D eigenvalue weighted by molar-refractivity contribution is -0.136. The molecule has 1 N–H and O–H groups in total. The average molecular weight is 220 g/mol. The summed E-state index contributed by atoms with van der Waals surface area (Å²) < 4.78 is 0. The lowest BCUT2D eigenvalue weighted by atomic mass is 9.92. The number of rotatable bonds is 1. The van der Waals surface area contributed by atoms with Gasteiger partial charge in [-0.3, -0.25) is 4.79 Å². The number of carbonyl (C=O) groups excluding carboxylic acids is 1. The summed E-state index contributed by atoms with van der Waals surface area (Å²) in [6.07, 6.45) is 8.00. The van der Waals surface area contributed by atoms with Gasteiger partial charge in [0.15, 0.2) is 0 Å². The van der Waals surface area contributed by atoms with Crippen LogP contribution in [-0.2, 0) is 4.79 Å². The summed E-state index contributed by atoms with van der Waals surface area (Å²) in [4.78, 5) is 14.5. The highest BCUT2D eigenvalue weighted by Crippen LogP contribution is 2.44. The molecule has 1 heterocycles. The van der Waals surface area contributed by atoms with Crippen LogP contribution in [0.25, 0.3) is 0 Å². The molecule has 2 fully saturated rings. The minimum absolute atomic E-state index is 0.299. The molecule has 0 radical (unpaired) electrons. The second kappa shape index (κ2) is 4.21. The molecule has 2 bridgehead atoms. The first-order valence-corrected chi connectivity index (χ1v) is 6.52. The van der Waals surface area contributed by atoms with Gasteiger partial charge >= 0.3 is 0 Å². The van der Waals surface area contributed by atoms with E-state index in [0.717, 1.165) is 39.0 Å². The third-order valence-electron chi connectivity index (χ3n) is 4.25. The zero-order valence-electron chi connectivity index (χ0n) is 9.69. The third kappa shape index (κ3) is 1.77. The van der Waals surface area contributed by atoms with Crippen LogP contribution in [0.5, 0.6) is 0 Å². The highest BCUT2D eigenvalue weighted by atomic mass is 16.2. The molecule has 16 heavy (non-hydrogen) atoms. The quantitative estimate of drug-likeness (QED) is 0.669. The van der Waals surface area contributed by atoms with E-state index in [1.807, 2.05) is 0 Å². The van der Waals surface area contributed by atoms with Crippen LogP contribution in [-0.4, -0.2) is 37.0 Å². The Bertz CT molecular complexity index is 305. The van der Waals surface area contributed by atoms with Crippen LogP contribution >= 0.6 is 0 Å². The lowest BCUT2D eigenvalue weighted by Gasteiger charge is -2.26. The van der Waals surface area contributed by atoms with Gasteiger partial charge in [0.25, 0.3) is 0 Å². The highest BCUT2D eigenvalue weighted by molar-refractivity contribution is 5.80. The smallest absolute Gasteiger partial charge is 0.226 e. The first kappa shape index (κ1) is 10.3. The first-order valence-electron chi connectivity index (χ1n) is 6.52. The monoisotopic (exact) mass is 220 g/mol. The van der Waals surface area contributed by atoms with E-state index in [-0.39, 0.29) is 0 Å². The van der Waals surface area contributed by atoms with Crippen molar-refractivity contribution in [3.8, 4) is 0 Å². The van der Waals surface area contributed by atoms with Crippen molar-refractivity contribution in [2.24, 2.45) is 17.8 Å². The summed E-state index contributed by atoms with van der Waals surface area (Å²) >= 11 is 0. The minimum atomic E-state index is 0.299. The van der Waals surface area contributed by atoms with Gasteiger partial charge in [0.1, 0.15) is 0 Å². The van der Waals surface area contributed by atoms with Crippen LogP contribution in [0.4, 0.5) is 0 Å². The van der Waals surface area contributed by atoms with Crippen molar-refractivity contribution in [1.29, 1.82) is 0 Å². The molecule has 88 valence electrons. The topological polar surface area (TPSA) is 32.3 Å². The Morgan fingerprint density at radius 3 is 2.88 bits per heavy atom. The van der Waals surface area contributed by atoms with Gasteiger partial charge in [0.05, 0.1) is 0 Å². The Labute approximate surface area is 96.9 Å². The van der Waals surface area contributed by atoms with E-state index in [2.05, 4.69) is 22.4 Å². The molecule has 3 heteroatoms. The fraction of sp³-hybridized carbons (Fsp3) is 0.769. The summed E-state index contributed by atoms with van der Waals surface area (Å²) in [6.45, 7) is 3.86. The molecule has 3 rings (SSSR count). The molecule has 2 aliphatic carbocycles. The molecule has 1 saturated heterocycles. The minimum Gasteiger partial charge on any atom is -0.341 e. The zero-order valence-corrected chi connectivity index (χ0v) is 9.69. The second-order valence-electron chi connectivity index (χ2n) is 5.32. The molecule has 0 spiro atoms. The average Bonchev–Trinajstić information content (AvgIpc) is 2.82. The SMILES string of the molecule is O=C(C1CC2C=CC1C2)N1CCCNCC1. The van der Waals surface area contributed by atoms with Gasteiger partial charge in [0.2, 0.25) is 5.91 Å². The number of amides is 1. The van der Waals surface area contributed by atoms with E-state index in [4.69, 9.17) is 0 Å². The number of nitrogens with one attached hydrogen (secondary N) is 1. The van der Waals surface area contributed by atoms with E-state index in [9.17, 15) is 4.79 Å². The molecule has 3 atom stereocenters. The van der Waals surface area contributed by atoms with Gasteiger partial charge in [-0.2, -0.15) is 0 Å². The largest absolute Gasteiger partial charge is 0.341 e. The molecular weight excluding hydrogens is 200 g/mol. The van der Waals surface area contributed by atoms with Gasteiger partial charge < -0.3 is 10.2 Å². The Kier molecular flexibility index (Phi) is 2.72. The van der Waals surface area contributed by atoms with E-state index < -0.39 is 0 Å². The second-order valence-corrected chi connectivity index (χ2v) is 5.32. The van der Waals surface area contributed by atoms with Crippen molar-refractivity contribution in [3.63, 3.8) is 0 Å². The standard InChI is InChI=1S/C13H20N2O/c16-13(15-6-1-4-14-5-7-15)12-9-10-2-3-11(12)8-10/h2-3,10-12,14H,1,4-9H2. The number of allylic oxidation sites excluding steroid dienone is 2. The summed E-state index contributed by atoms with van der Waals surface area (Å²) in [5.41, 5.74) is 0. The number of carbonyl (C=O) groups is 1. The summed E-state index contributed by atoms with van der Waals surface area (Å²) in [5, 5.41) is 3.35. The molecule has 0 aromatic carbocycles.